The Hall–Kier alpha value is -1.88. The molecule has 0 saturated heterocycles. The first-order valence-corrected chi connectivity index (χ1v) is 5.89. The molecule has 1 rings (SSSR count). The molecule has 0 aliphatic carbocycles. The Morgan fingerprint density at radius 2 is 1.78 bits per heavy atom. The number of benzene rings is 1. The fourth-order valence-electron chi connectivity index (χ4n) is 1.53. The quantitative estimate of drug-likeness (QED) is 0.660. The van der Waals surface area contributed by atoms with Crippen LogP contribution in [0, 0.1) is 0 Å². The number of carboxylic acid groups (broad SMARTS) is 1. The van der Waals surface area contributed by atoms with Gasteiger partial charge in [0, 0.05) is 13.1 Å². The summed E-state index contributed by atoms with van der Waals surface area (Å²) in [6.45, 7) is 3.37. The van der Waals surface area contributed by atoms with Gasteiger partial charge in [-0.25, -0.2) is 0 Å². The van der Waals surface area contributed by atoms with E-state index in [0.29, 0.717) is 13.1 Å². The summed E-state index contributed by atoms with van der Waals surface area (Å²) in [5.74, 6) is -0.864. The molecule has 1 aromatic carbocycles. The molecule has 98 valence electrons. The molecule has 0 heterocycles. The van der Waals surface area contributed by atoms with Gasteiger partial charge < -0.3 is 15.7 Å². The van der Waals surface area contributed by atoms with Crippen molar-refractivity contribution in [2.75, 3.05) is 13.1 Å². The first kappa shape index (κ1) is 14.2. The summed E-state index contributed by atoms with van der Waals surface area (Å²) in [7, 11) is 0. The molecule has 0 radical (unpaired) electrons. The lowest BCUT2D eigenvalue weighted by Gasteiger charge is -2.05. The molecule has 0 atom stereocenters. The van der Waals surface area contributed by atoms with Gasteiger partial charge in [0.05, 0.1) is 13.0 Å². The van der Waals surface area contributed by atoms with Crippen LogP contribution in [0.15, 0.2) is 24.3 Å². The SMILES string of the molecule is CCNC(=O)CNCc1ccc(CC(=O)O)cc1. The van der Waals surface area contributed by atoms with Crippen LogP contribution >= 0.6 is 0 Å². The smallest absolute Gasteiger partial charge is 0.307 e. The molecule has 0 saturated carbocycles. The maximum atomic E-state index is 11.2. The minimum Gasteiger partial charge on any atom is -0.481 e. The zero-order chi connectivity index (χ0) is 13.4. The summed E-state index contributed by atoms with van der Waals surface area (Å²) < 4.78 is 0. The van der Waals surface area contributed by atoms with E-state index in [9.17, 15) is 9.59 Å². The summed E-state index contributed by atoms with van der Waals surface area (Å²) in [6, 6.07) is 7.31. The molecule has 0 unspecified atom stereocenters. The summed E-state index contributed by atoms with van der Waals surface area (Å²) in [4.78, 5) is 21.7. The molecule has 0 bridgehead atoms. The second-order valence-corrected chi connectivity index (χ2v) is 3.94. The Labute approximate surface area is 106 Å². The van der Waals surface area contributed by atoms with Gasteiger partial charge in [0.2, 0.25) is 5.91 Å². The van der Waals surface area contributed by atoms with Gasteiger partial charge in [0.15, 0.2) is 0 Å². The van der Waals surface area contributed by atoms with Gasteiger partial charge in [-0.05, 0) is 18.1 Å². The third kappa shape index (κ3) is 5.45. The van der Waals surface area contributed by atoms with Crippen molar-refractivity contribution in [3.63, 3.8) is 0 Å². The van der Waals surface area contributed by atoms with Crippen molar-refractivity contribution in [1.29, 1.82) is 0 Å². The molecule has 1 amide bonds. The number of carbonyl (C=O) groups is 2. The number of rotatable bonds is 7. The number of nitrogens with one attached hydrogen (secondary N) is 2. The van der Waals surface area contributed by atoms with E-state index in [1.807, 2.05) is 19.1 Å². The molecule has 5 heteroatoms. The molecule has 5 nitrogen and oxygen atoms in total. The normalized spacial score (nSPS) is 10.1. The molecule has 0 aliphatic heterocycles. The number of hydrogen-bond donors (Lipinski definition) is 3. The van der Waals surface area contributed by atoms with Crippen LogP contribution in [0.3, 0.4) is 0 Å². The average molecular weight is 250 g/mol. The third-order valence-corrected chi connectivity index (χ3v) is 2.37. The van der Waals surface area contributed by atoms with E-state index in [0.717, 1.165) is 11.1 Å². The second-order valence-electron chi connectivity index (χ2n) is 3.94. The Kier molecular flexibility index (Phi) is 5.87. The van der Waals surface area contributed by atoms with Gasteiger partial charge in [-0.3, -0.25) is 9.59 Å². The van der Waals surface area contributed by atoms with E-state index in [4.69, 9.17) is 5.11 Å². The van der Waals surface area contributed by atoms with Crippen molar-refractivity contribution in [1.82, 2.24) is 10.6 Å². The Bertz CT molecular complexity index is 401. The molecule has 0 spiro atoms. The third-order valence-electron chi connectivity index (χ3n) is 2.37. The number of hydrogen-bond acceptors (Lipinski definition) is 3. The van der Waals surface area contributed by atoms with Gasteiger partial charge in [0.1, 0.15) is 0 Å². The van der Waals surface area contributed by atoms with Crippen molar-refractivity contribution in [3.05, 3.63) is 35.4 Å². The van der Waals surface area contributed by atoms with Crippen LogP contribution in [0.1, 0.15) is 18.1 Å². The van der Waals surface area contributed by atoms with Gasteiger partial charge in [-0.1, -0.05) is 24.3 Å². The summed E-state index contributed by atoms with van der Waals surface area (Å²) in [6.07, 6.45) is 0.0343. The van der Waals surface area contributed by atoms with Crippen LogP contribution in [0.4, 0.5) is 0 Å². The van der Waals surface area contributed by atoms with Crippen LogP contribution < -0.4 is 10.6 Å². The highest BCUT2D eigenvalue weighted by atomic mass is 16.4. The largest absolute Gasteiger partial charge is 0.481 e. The molecular formula is C13H18N2O3. The molecule has 0 fully saturated rings. The zero-order valence-electron chi connectivity index (χ0n) is 10.4. The lowest BCUT2D eigenvalue weighted by molar-refractivity contribution is -0.136. The van der Waals surface area contributed by atoms with Crippen LogP contribution in [-0.2, 0) is 22.6 Å². The number of amides is 1. The minimum absolute atomic E-state index is 0.0278. The fraction of sp³-hybridized carbons (Fsp3) is 0.385. The summed E-state index contributed by atoms with van der Waals surface area (Å²) in [5, 5.41) is 14.3. The summed E-state index contributed by atoms with van der Waals surface area (Å²) in [5.41, 5.74) is 1.79. The van der Waals surface area contributed by atoms with E-state index in [-0.39, 0.29) is 18.9 Å². The van der Waals surface area contributed by atoms with E-state index in [1.165, 1.54) is 0 Å². The Morgan fingerprint density at radius 1 is 1.17 bits per heavy atom. The molecule has 0 aliphatic rings. The molecule has 0 aromatic heterocycles. The van der Waals surface area contributed by atoms with E-state index >= 15 is 0 Å². The monoisotopic (exact) mass is 250 g/mol. The van der Waals surface area contributed by atoms with E-state index in [1.54, 1.807) is 12.1 Å². The van der Waals surface area contributed by atoms with E-state index < -0.39 is 5.97 Å². The first-order chi connectivity index (χ1) is 8.61. The lowest BCUT2D eigenvalue weighted by Crippen LogP contribution is -2.33. The summed E-state index contributed by atoms with van der Waals surface area (Å²) >= 11 is 0. The van der Waals surface area contributed by atoms with Gasteiger partial charge in [0.25, 0.3) is 0 Å². The first-order valence-electron chi connectivity index (χ1n) is 5.89. The number of carboxylic acids is 1. The van der Waals surface area contributed by atoms with Gasteiger partial charge in [-0.2, -0.15) is 0 Å². The predicted molar refractivity (Wildman–Crippen MR) is 68.2 cm³/mol. The minimum atomic E-state index is -0.836. The maximum Gasteiger partial charge on any atom is 0.307 e. The molecule has 1 aromatic rings. The molecule has 3 N–H and O–H groups in total. The highest BCUT2D eigenvalue weighted by Gasteiger charge is 2.01. The number of carbonyl (C=O) groups excluding carboxylic acids is 1. The highest BCUT2D eigenvalue weighted by Crippen LogP contribution is 2.04. The van der Waals surface area contributed by atoms with Gasteiger partial charge in [-0.15, -0.1) is 0 Å². The average Bonchev–Trinajstić information content (AvgIpc) is 2.31. The topological polar surface area (TPSA) is 78.4 Å². The van der Waals surface area contributed by atoms with Crippen molar-refractivity contribution in [3.8, 4) is 0 Å². The Morgan fingerprint density at radius 3 is 2.33 bits per heavy atom. The fourth-order valence-corrected chi connectivity index (χ4v) is 1.53. The van der Waals surface area contributed by atoms with Crippen LogP contribution in [-0.4, -0.2) is 30.1 Å². The predicted octanol–water partition coefficient (Wildman–Crippen LogP) is 0.539. The molecular weight excluding hydrogens is 232 g/mol. The van der Waals surface area contributed by atoms with Crippen LogP contribution in [0.2, 0.25) is 0 Å². The van der Waals surface area contributed by atoms with Gasteiger partial charge >= 0.3 is 5.97 Å². The highest BCUT2D eigenvalue weighted by molar-refractivity contribution is 5.77. The van der Waals surface area contributed by atoms with Crippen molar-refractivity contribution >= 4 is 11.9 Å². The second kappa shape index (κ2) is 7.45. The van der Waals surface area contributed by atoms with E-state index in [2.05, 4.69) is 10.6 Å². The zero-order valence-corrected chi connectivity index (χ0v) is 10.4. The van der Waals surface area contributed by atoms with Crippen molar-refractivity contribution in [2.45, 2.75) is 19.9 Å². The van der Waals surface area contributed by atoms with Crippen LogP contribution in [0.25, 0.3) is 0 Å². The number of aliphatic carboxylic acids is 1. The Balaban J connectivity index is 2.35. The standard InChI is InChI=1S/C13H18N2O3/c1-2-15-12(16)9-14-8-11-5-3-10(4-6-11)7-13(17)18/h3-6,14H,2,7-9H2,1H3,(H,15,16)(H,17,18). The van der Waals surface area contributed by atoms with Crippen molar-refractivity contribution in [2.24, 2.45) is 0 Å². The maximum absolute atomic E-state index is 11.2. The molecule has 18 heavy (non-hydrogen) atoms. The van der Waals surface area contributed by atoms with Crippen LogP contribution in [0.5, 0.6) is 0 Å². The number of likely N-dealkylation sites (N-methyl/N-ethyl adjacent to an activating group) is 1. The van der Waals surface area contributed by atoms with Crippen molar-refractivity contribution < 1.29 is 14.7 Å². The lowest BCUT2D eigenvalue weighted by atomic mass is 10.1.